The van der Waals surface area contributed by atoms with Crippen molar-refractivity contribution in [2.75, 3.05) is 30.8 Å². The molecule has 2 heterocycles. The molecule has 1 aliphatic heterocycles. The fraction of sp³-hybridized carbons (Fsp3) is 0.667. The highest BCUT2D eigenvalue weighted by atomic mass is 32.1. The molecule has 3 rings (SSSR count). The Labute approximate surface area is 115 Å². The van der Waals surface area contributed by atoms with Crippen molar-refractivity contribution in [3.05, 3.63) is 5.56 Å². The van der Waals surface area contributed by atoms with Crippen molar-refractivity contribution in [1.82, 2.24) is 4.37 Å². The van der Waals surface area contributed by atoms with E-state index in [0.29, 0.717) is 17.4 Å². The summed E-state index contributed by atoms with van der Waals surface area (Å²) in [7, 11) is 1.34. The number of ether oxygens (including phenoxy) is 1. The first-order valence-corrected chi connectivity index (χ1v) is 7.15. The maximum absolute atomic E-state index is 11.8. The first-order chi connectivity index (χ1) is 9.11. The number of aromatic nitrogens is 1. The van der Waals surface area contributed by atoms with Crippen molar-refractivity contribution >= 4 is 28.3 Å². The highest BCUT2D eigenvalue weighted by molar-refractivity contribution is 7.11. The van der Waals surface area contributed by atoms with Gasteiger partial charge in [0, 0.05) is 19.0 Å². The van der Waals surface area contributed by atoms with Crippen molar-refractivity contribution in [2.24, 2.45) is 11.8 Å². The third-order valence-electron chi connectivity index (χ3n) is 4.20. The Kier molecular flexibility index (Phi) is 3.10. The van der Waals surface area contributed by atoms with Gasteiger partial charge in [-0.15, -0.1) is 0 Å². The lowest BCUT2D eigenvalue weighted by molar-refractivity contribution is 0.0603. The van der Waals surface area contributed by atoms with Gasteiger partial charge in [0.1, 0.15) is 10.6 Å². The first kappa shape index (κ1) is 12.7. The molecule has 2 fully saturated rings. The molecule has 1 aliphatic carbocycles. The van der Waals surface area contributed by atoms with Gasteiger partial charge in [0.25, 0.3) is 0 Å². The fourth-order valence-corrected chi connectivity index (χ4v) is 4.03. The van der Waals surface area contributed by atoms with Crippen molar-refractivity contribution in [1.29, 1.82) is 0 Å². The molecule has 0 amide bonds. The number of anilines is 2. The lowest BCUT2D eigenvalue weighted by Crippen LogP contribution is -2.25. The van der Waals surface area contributed by atoms with Gasteiger partial charge in [-0.05, 0) is 30.3 Å². The van der Waals surface area contributed by atoms with E-state index in [1.807, 2.05) is 0 Å². The van der Waals surface area contributed by atoms with Gasteiger partial charge in [-0.1, -0.05) is 0 Å². The zero-order chi connectivity index (χ0) is 13.6. The van der Waals surface area contributed by atoms with Gasteiger partial charge in [0.05, 0.1) is 13.2 Å². The summed E-state index contributed by atoms with van der Waals surface area (Å²) in [5.74, 6) is 0.584. The van der Waals surface area contributed by atoms with E-state index in [2.05, 4.69) is 9.27 Å². The molecule has 19 heavy (non-hydrogen) atoms. The minimum atomic E-state index is -0.446. The minimum absolute atomic E-state index is 0.221. The van der Waals surface area contributed by atoms with Gasteiger partial charge in [-0.3, -0.25) is 0 Å². The zero-order valence-corrected chi connectivity index (χ0v) is 11.5. The lowest BCUT2D eigenvalue weighted by atomic mass is 10.00. The average Bonchev–Trinajstić information content (AvgIpc) is 3.05. The van der Waals surface area contributed by atoms with Gasteiger partial charge in [0.15, 0.2) is 5.82 Å². The third-order valence-corrected chi connectivity index (χ3v) is 5.12. The summed E-state index contributed by atoms with van der Waals surface area (Å²) >= 11 is 1.23. The third kappa shape index (κ3) is 1.97. The molecule has 0 spiro atoms. The van der Waals surface area contributed by atoms with Gasteiger partial charge in [0.2, 0.25) is 0 Å². The number of carbonyl (C=O) groups excluding carboxylic acids is 1. The topological polar surface area (TPSA) is 88.7 Å². The summed E-state index contributed by atoms with van der Waals surface area (Å²) in [6, 6.07) is 0. The smallest absolute Gasteiger partial charge is 0.344 e. The Morgan fingerprint density at radius 1 is 1.53 bits per heavy atom. The van der Waals surface area contributed by atoms with E-state index < -0.39 is 5.97 Å². The fourth-order valence-electron chi connectivity index (χ4n) is 3.21. The van der Waals surface area contributed by atoms with Crippen LogP contribution < -0.4 is 10.6 Å². The monoisotopic (exact) mass is 283 g/mol. The molecule has 104 valence electrons. The van der Waals surface area contributed by atoms with Gasteiger partial charge < -0.3 is 20.5 Å². The summed E-state index contributed by atoms with van der Waals surface area (Å²) in [5.41, 5.74) is 6.11. The molecule has 0 radical (unpaired) electrons. The van der Waals surface area contributed by atoms with E-state index in [9.17, 15) is 9.90 Å². The average molecular weight is 283 g/mol. The number of methoxy groups -OCH3 is 1. The number of nitrogens with two attached hydrogens (primary N) is 1. The summed E-state index contributed by atoms with van der Waals surface area (Å²) in [5, 5.41) is 10.7. The number of hydrogen-bond acceptors (Lipinski definition) is 7. The standard InChI is InChI=1S/C12H17N3O3S/c1-18-12(17)9-10(13)14-19-11(9)15-4-6-2-3-8(16)7(6)5-15/h6-8,16H,2-5H2,1H3,(H2,13,14). The van der Waals surface area contributed by atoms with Crippen LogP contribution >= 0.6 is 11.5 Å². The summed E-state index contributed by atoms with van der Waals surface area (Å²) < 4.78 is 8.82. The molecule has 7 heteroatoms. The van der Waals surface area contributed by atoms with E-state index in [0.717, 1.165) is 30.9 Å². The number of fused-ring (bicyclic) bond motifs is 1. The van der Waals surface area contributed by atoms with Crippen LogP contribution in [0.15, 0.2) is 0 Å². The van der Waals surface area contributed by atoms with E-state index >= 15 is 0 Å². The molecule has 6 nitrogen and oxygen atoms in total. The highest BCUT2D eigenvalue weighted by Gasteiger charge is 2.43. The second kappa shape index (κ2) is 4.64. The maximum atomic E-state index is 11.8. The van der Waals surface area contributed by atoms with Crippen LogP contribution in [0.1, 0.15) is 23.2 Å². The summed E-state index contributed by atoms with van der Waals surface area (Å²) in [6.45, 7) is 1.62. The van der Waals surface area contributed by atoms with Crippen LogP contribution in [0.25, 0.3) is 0 Å². The predicted molar refractivity (Wildman–Crippen MR) is 72.3 cm³/mol. The van der Waals surface area contributed by atoms with Crippen LogP contribution in [0.5, 0.6) is 0 Å². The first-order valence-electron chi connectivity index (χ1n) is 6.38. The molecule has 0 bridgehead atoms. The number of nitrogens with zero attached hydrogens (tertiary/aromatic N) is 2. The second-order valence-electron chi connectivity index (χ2n) is 5.21. The Balaban J connectivity index is 1.86. The Morgan fingerprint density at radius 3 is 3.00 bits per heavy atom. The van der Waals surface area contributed by atoms with E-state index in [1.54, 1.807) is 0 Å². The number of aliphatic hydroxyl groups excluding tert-OH is 1. The van der Waals surface area contributed by atoms with Gasteiger partial charge in [-0.25, -0.2) is 4.79 Å². The van der Waals surface area contributed by atoms with Crippen LogP contribution in [-0.4, -0.2) is 41.8 Å². The highest BCUT2D eigenvalue weighted by Crippen LogP contribution is 2.42. The normalized spacial score (nSPS) is 29.6. The van der Waals surface area contributed by atoms with Crippen LogP contribution in [0.4, 0.5) is 10.8 Å². The Bertz CT molecular complexity index is 504. The molecule has 3 unspecified atom stereocenters. The van der Waals surface area contributed by atoms with Crippen LogP contribution in [0, 0.1) is 11.8 Å². The SMILES string of the molecule is COC(=O)c1c(N)nsc1N1CC2CCC(O)C2C1. The van der Waals surface area contributed by atoms with E-state index in [4.69, 9.17) is 10.5 Å². The largest absolute Gasteiger partial charge is 0.465 e. The molecule has 0 aromatic carbocycles. The summed E-state index contributed by atoms with van der Waals surface area (Å²) in [6.07, 6.45) is 1.71. The number of esters is 1. The van der Waals surface area contributed by atoms with Gasteiger partial charge in [-0.2, -0.15) is 4.37 Å². The zero-order valence-electron chi connectivity index (χ0n) is 10.7. The minimum Gasteiger partial charge on any atom is -0.465 e. The number of aliphatic hydroxyl groups is 1. The van der Waals surface area contributed by atoms with Crippen LogP contribution in [0.2, 0.25) is 0 Å². The molecule has 1 aromatic rings. The van der Waals surface area contributed by atoms with Crippen LogP contribution in [-0.2, 0) is 4.74 Å². The quantitative estimate of drug-likeness (QED) is 0.777. The molecule has 1 saturated heterocycles. The molecular weight excluding hydrogens is 266 g/mol. The van der Waals surface area contributed by atoms with Crippen molar-refractivity contribution in [3.63, 3.8) is 0 Å². The molecule has 1 aromatic heterocycles. The Hall–Kier alpha value is -1.34. The van der Waals surface area contributed by atoms with E-state index in [-0.39, 0.29) is 11.9 Å². The van der Waals surface area contributed by atoms with Crippen molar-refractivity contribution < 1.29 is 14.6 Å². The van der Waals surface area contributed by atoms with Crippen LogP contribution in [0.3, 0.4) is 0 Å². The number of carbonyl (C=O) groups is 1. The molecule has 3 N–H and O–H groups in total. The molecule has 2 aliphatic rings. The summed E-state index contributed by atoms with van der Waals surface area (Å²) in [4.78, 5) is 13.9. The van der Waals surface area contributed by atoms with Crippen molar-refractivity contribution in [2.45, 2.75) is 18.9 Å². The second-order valence-corrected chi connectivity index (χ2v) is 5.97. The maximum Gasteiger partial charge on any atom is 0.344 e. The Morgan fingerprint density at radius 2 is 2.32 bits per heavy atom. The molecule has 3 atom stereocenters. The lowest BCUT2D eigenvalue weighted by Gasteiger charge is -2.19. The number of hydrogen-bond donors (Lipinski definition) is 2. The van der Waals surface area contributed by atoms with E-state index in [1.165, 1.54) is 18.6 Å². The number of rotatable bonds is 2. The molecule has 1 saturated carbocycles. The van der Waals surface area contributed by atoms with Crippen molar-refractivity contribution in [3.8, 4) is 0 Å². The van der Waals surface area contributed by atoms with Gasteiger partial charge >= 0.3 is 5.97 Å². The number of nitrogen functional groups attached to an aromatic ring is 1. The predicted octanol–water partition coefficient (Wildman–Crippen LogP) is 0.719. The molecular formula is C12H17N3O3S.